The summed E-state index contributed by atoms with van der Waals surface area (Å²) in [4.78, 5) is 14.0. The van der Waals surface area contributed by atoms with Gasteiger partial charge in [0.15, 0.2) is 0 Å². The molecular weight excluding hydrogens is 248 g/mol. The van der Waals surface area contributed by atoms with E-state index in [1.54, 1.807) is 18.4 Å². The molecule has 0 fully saturated rings. The van der Waals surface area contributed by atoms with Gasteiger partial charge in [0.05, 0.1) is 6.54 Å². The molecule has 1 rings (SSSR count). The summed E-state index contributed by atoms with van der Waals surface area (Å²) < 4.78 is 5.40. The molecule has 0 aliphatic heterocycles. The maximum Gasteiger partial charge on any atom is 0.315 e. The van der Waals surface area contributed by atoms with E-state index >= 15 is 0 Å². The van der Waals surface area contributed by atoms with Gasteiger partial charge in [0.2, 0.25) is 0 Å². The fourth-order valence-corrected chi connectivity index (χ4v) is 2.45. The standard InChI is InChI=1S/C13H22N2O2S/c1-9-6-7-11(18-9)10(17-5)8-14-12(16)15-13(2,3)4/h6-7,10H,8H2,1-5H3,(H2,14,15,16)/t10-/m0/s1. The highest BCUT2D eigenvalue weighted by atomic mass is 32.1. The summed E-state index contributed by atoms with van der Waals surface area (Å²) >= 11 is 1.69. The summed E-state index contributed by atoms with van der Waals surface area (Å²) in [6, 6.07) is 3.93. The van der Waals surface area contributed by atoms with Crippen molar-refractivity contribution in [3.8, 4) is 0 Å². The Morgan fingerprint density at radius 1 is 1.44 bits per heavy atom. The summed E-state index contributed by atoms with van der Waals surface area (Å²) in [5.74, 6) is 0. The number of methoxy groups -OCH3 is 1. The number of carbonyl (C=O) groups excluding carboxylic acids is 1. The normalized spacial score (nSPS) is 13.2. The van der Waals surface area contributed by atoms with Crippen LogP contribution in [0.15, 0.2) is 12.1 Å². The molecule has 0 bridgehead atoms. The van der Waals surface area contributed by atoms with Crippen LogP contribution in [0.2, 0.25) is 0 Å². The number of amides is 2. The Hall–Kier alpha value is -1.07. The molecule has 1 heterocycles. The molecule has 5 heteroatoms. The van der Waals surface area contributed by atoms with Gasteiger partial charge in [-0.15, -0.1) is 11.3 Å². The minimum absolute atomic E-state index is 0.0885. The molecule has 0 aliphatic carbocycles. The summed E-state index contributed by atoms with van der Waals surface area (Å²) in [5, 5.41) is 5.68. The van der Waals surface area contributed by atoms with Crippen molar-refractivity contribution in [2.45, 2.75) is 39.3 Å². The number of rotatable bonds is 4. The zero-order chi connectivity index (χ0) is 13.8. The fourth-order valence-electron chi connectivity index (χ4n) is 1.50. The van der Waals surface area contributed by atoms with E-state index < -0.39 is 0 Å². The minimum Gasteiger partial charge on any atom is -0.374 e. The SMILES string of the molecule is CO[C@@H](CNC(=O)NC(C)(C)C)c1ccc(C)s1. The van der Waals surface area contributed by atoms with Gasteiger partial charge < -0.3 is 15.4 Å². The second kappa shape index (κ2) is 6.20. The first-order chi connectivity index (χ1) is 8.31. The van der Waals surface area contributed by atoms with E-state index in [9.17, 15) is 4.79 Å². The lowest BCUT2D eigenvalue weighted by atomic mass is 10.1. The maximum absolute atomic E-state index is 11.6. The van der Waals surface area contributed by atoms with Crippen molar-refractivity contribution in [2.24, 2.45) is 0 Å². The van der Waals surface area contributed by atoms with Crippen LogP contribution in [-0.2, 0) is 4.74 Å². The molecule has 4 nitrogen and oxygen atoms in total. The van der Waals surface area contributed by atoms with E-state index in [0.717, 1.165) is 4.88 Å². The third-order valence-electron chi connectivity index (χ3n) is 2.30. The van der Waals surface area contributed by atoms with E-state index in [2.05, 4.69) is 23.6 Å². The number of hydrogen-bond acceptors (Lipinski definition) is 3. The first-order valence-corrected chi connectivity index (χ1v) is 6.78. The number of urea groups is 1. The Morgan fingerprint density at radius 3 is 2.56 bits per heavy atom. The van der Waals surface area contributed by atoms with Gasteiger partial charge in [-0.3, -0.25) is 0 Å². The van der Waals surface area contributed by atoms with Gasteiger partial charge in [-0.2, -0.15) is 0 Å². The second-order valence-electron chi connectivity index (χ2n) is 5.26. The monoisotopic (exact) mass is 270 g/mol. The number of aryl methyl sites for hydroxylation is 1. The van der Waals surface area contributed by atoms with Gasteiger partial charge in [-0.05, 0) is 39.8 Å². The fraction of sp³-hybridized carbons (Fsp3) is 0.615. The lowest BCUT2D eigenvalue weighted by Gasteiger charge is -2.22. The van der Waals surface area contributed by atoms with Crippen LogP contribution in [0.5, 0.6) is 0 Å². The molecule has 0 radical (unpaired) electrons. The lowest BCUT2D eigenvalue weighted by molar-refractivity contribution is 0.106. The highest BCUT2D eigenvalue weighted by Crippen LogP contribution is 2.24. The molecule has 0 saturated heterocycles. The molecule has 18 heavy (non-hydrogen) atoms. The Balaban J connectivity index is 2.48. The summed E-state index contributed by atoms with van der Waals surface area (Å²) in [6.07, 6.45) is -0.0885. The second-order valence-corrected chi connectivity index (χ2v) is 6.58. The molecule has 0 unspecified atom stereocenters. The summed E-state index contributed by atoms with van der Waals surface area (Å²) in [7, 11) is 1.66. The van der Waals surface area contributed by atoms with Crippen molar-refractivity contribution in [3.05, 3.63) is 21.9 Å². The number of nitrogens with one attached hydrogen (secondary N) is 2. The van der Waals surface area contributed by atoms with Crippen LogP contribution < -0.4 is 10.6 Å². The maximum atomic E-state index is 11.6. The molecular formula is C13H22N2O2S. The summed E-state index contributed by atoms with van der Waals surface area (Å²) in [5.41, 5.74) is -0.230. The molecule has 0 spiro atoms. The predicted octanol–water partition coefficient (Wildman–Crippen LogP) is 2.84. The Kier molecular flexibility index (Phi) is 5.16. The van der Waals surface area contributed by atoms with Crippen molar-refractivity contribution in [1.29, 1.82) is 0 Å². The van der Waals surface area contributed by atoms with E-state index in [0.29, 0.717) is 6.54 Å². The Labute approximate surface area is 113 Å². The van der Waals surface area contributed by atoms with Crippen LogP contribution in [0.1, 0.15) is 36.6 Å². The number of thiophene rings is 1. The van der Waals surface area contributed by atoms with Gasteiger partial charge in [-0.25, -0.2) is 4.79 Å². The molecule has 102 valence electrons. The zero-order valence-electron chi connectivity index (χ0n) is 11.7. The first kappa shape index (κ1) is 15.0. The van der Waals surface area contributed by atoms with Crippen molar-refractivity contribution in [1.82, 2.24) is 10.6 Å². The quantitative estimate of drug-likeness (QED) is 0.884. The average molecular weight is 270 g/mol. The van der Waals surface area contributed by atoms with Crippen LogP contribution in [0.4, 0.5) is 4.79 Å². The third-order valence-corrected chi connectivity index (χ3v) is 3.39. The zero-order valence-corrected chi connectivity index (χ0v) is 12.5. The van der Waals surface area contributed by atoms with Crippen LogP contribution >= 0.6 is 11.3 Å². The smallest absolute Gasteiger partial charge is 0.315 e. The molecule has 0 saturated carbocycles. The number of carbonyl (C=O) groups is 1. The van der Waals surface area contributed by atoms with E-state index in [1.165, 1.54) is 4.88 Å². The van der Waals surface area contributed by atoms with E-state index in [1.807, 2.05) is 26.8 Å². The van der Waals surface area contributed by atoms with E-state index in [4.69, 9.17) is 4.74 Å². The number of ether oxygens (including phenoxy) is 1. The first-order valence-electron chi connectivity index (χ1n) is 5.97. The average Bonchev–Trinajstić information content (AvgIpc) is 2.63. The molecule has 2 N–H and O–H groups in total. The minimum atomic E-state index is -0.230. The van der Waals surface area contributed by atoms with Crippen LogP contribution in [0, 0.1) is 6.92 Å². The largest absolute Gasteiger partial charge is 0.374 e. The molecule has 0 aromatic carbocycles. The molecule has 1 aromatic heterocycles. The highest BCUT2D eigenvalue weighted by Gasteiger charge is 2.16. The third kappa shape index (κ3) is 5.06. The van der Waals surface area contributed by atoms with Gasteiger partial charge in [-0.1, -0.05) is 0 Å². The van der Waals surface area contributed by atoms with Crippen molar-refractivity contribution >= 4 is 17.4 Å². The molecule has 1 aromatic rings. The van der Waals surface area contributed by atoms with Crippen LogP contribution in [0.3, 0.4) is 0 Å². The molecule has 2 amide bonds. The van der Waals surface area contributed by atoms with Crippen molar-refractivity contribution < 1.29 is 9.53 Å². The number of hydrogen-bond donors (Lipinski definition) is 2. The van der Waals surface area contributed by atoms with E-state index in [-0.39, 0.29) is 17.7 Å². The lowest BCUT2D eigenvalue weighted by Crippen LogP contribution is -2.47. The van der Waals surface area contributed by atoms with Crippen LogP contribution in [-0.4, -0.2) is 25.2 Å². The highest BCUT2D eigenvalue weighted by molar-refractivity contribution is 7.12. The molecule has 0 aliphatic rings. The summed E-state index contributed by atoms with van der Waals surface area (Å²) in [6.45, 7) is 8.37. The topological polar surface area (TPSA) is 50.4 Å². The Bertz CT molecular complexity index is 396. The van der Waals surface area contributed by atoms with Gasteiger partial charge in [0, 0.05) is 22.4 Å². The predicted molar refractivity (Wildman–Crippen MR) is 75.1 cm³/mol. The van der Waals surface area contributed by atoms with Gasteiger partial charge in [0.25, 0.3) is 0 Å². The van der Waals surface area contributed by atoms with Gasteiger partial charge >= 0.3 is 6.03 Å². The van der Waals surface area contributed by atoms with Crippen molar-refractivity contribution in [2.75, 3.05) is 13.7 Å². The van der Waals surface area contributed by atoms with Crippen LogP contribution in [0.25, 0.3) is 0 Å². The van der Waals surface area contributed by atoms with Crippen molar-refractivity contribution in [3.63, 3.8) is 0 Å². The molecule has 1 atom stereocenters. The Morgan fingerprint density at radius 2 is 2.11 bits per heavy atom. The van der Waals surface area contributed by atoms with Gasteiger partial charge in [0.1, 0.15) is 6.10 Å².